The molecule has 0 radical (unpaired) electrons. The Morgan fingerprint density at radius 3 is 2.33 bits per heavy atom. The van der Waals surface area contributed by atoms with Crippen LogP contribution in [0.15, 0.2) is 12.4 Å². The maximum Gasteiger partial charge on any atom is 0.0540 e. The molecule has 0 aromatic carbocycles. The van der Waals surface area contributed by atoms with E-state index < -0.39 is 0 Å². The molecule has 84 valence electrons. The van der Waals surface area contributed by atoms with Crippen molar-refractivity contribution < 1.29 is 0 Å². The first kappa shape index (κ1) is 10.7. The lowest BCUT2D eigenvalue weighted by Gasteiger charge is -2.40. The summed E-state index contributed by atoms with van der Waals surface area (Å²) in [6.45, 7) is 4.66. The molecule has 0 aliphatic heterocycles. The highest BCUT2D eigenvalue weighted by atomic mass is 15.2. The molecule has 1 fully saturated rings. The Hall–Kier alpha value is -0.830. The number of nitrogens with zero attached hydrogens (tertiary/aromatic N) is 2. The van der Waals surface area contributed by atoms with Gasteiger partial charge in [-0.3, -0.25) is 4.68 Å². The number of hydrogen-bond acceptors (Lipinski definition) is 2. The fourth-order valence-corrected chi connectivity index (χ4v) is 2.34. The Bertz CT molecular complexity index is 342. The summed E-state index contributed by atoms with van der Waals surface area (Å²) in [5, 5.41) is 4.21. The summed E-state index contributed by atoms with van der Waals surface area (Å²) in [7, 11) is 1.94. The molecule has 1 aromatic rings. The molecular formula is C12H21N3. The van der Waals surface area contributed by atoms with Crippen molar-refractivity contribution in [3.8, 4) is 0 Å². The normalized spacial score (nSPS) is 24.0. The van der Waals surface area contributed by atoms with Crippen LogP contribution in [-0.4, -0.2) is 9.78 Å². The fourth-order valence-electron chi connectivity index (χ4n) is 2.34. The first-order chi connectivity index (χ1) is 6.91. The Kier molecular flexibility index (Phi) is 2.38. The molecule has 1 saturated carbocycles. The van der Waals surface area contributed by atoms with Crippen LogP contribution in [-0.2, 0) is 12.6 Å². The highest BCUT2D eigenvalue weighted by molar-refractivity contribution is 5.18. The average molecular weight is 207 g/mol. The maximum absolute atomic E-state index is 6.46. The monoisotopic (exact) mass is 207 g/mol. The van der Waals surface area contributed by atoms with Crippen LogP contribution in [0.5, 0.6) is 0 Å². The lowest BCUT2D eigenvalue weighted by Crippen LogP contribution is -2.42. The first-order valence-corrected chi connectivity index (χ1v) is 5.69. The summed E-state index contributed by atoms with van der Waals surface area (Å²) in [6, 6.07) is 0. The molecule has 1 aliphatic carbocycles. The smallest absolute Gasteiger partial charge is 0.0540 e. The quantitative estimate of drug-likeness (QED) is 0.767. The van der Waals surface area contributed by atoms with E-state index in [1.165, 1.54) is 18.4 Å². The molecule has 15 heavy (non-hydrogen) atoms. The van der Waals surface area contributed by atoms with Crippen LogP contribution in [0.25, 0.3) is 0 Å². The minimum atomic E-state index is -0.135. The van der Waals surface area contributed by atoms with E-state index in [4.69, 9.17) is 5.73 Å². The van der Waals surface area contributed by atoms with Crippen LogP contribution >= 0.6 is 0 Å². The number of rotatable bonds is 1. The zero-order valence-corrected chi connectivity index (χ0v) is 9.95. The molecular weight excluding hydrogens is 186 g/mol. The third-order valence-corrected chi connectivity index (χ3v) is 3.78. The molecule has 1 aliphatic rings. The SMILES string of the molecule is Cn1cc(C2(N)CCC(C)(C)CC2)cn1. The first-order valence-electron chi connectivity index (χ1n) is 5.69. The van der Waals surface area contributed by atoms with Gasteiger partial charge in [-0.2, -0.15) is 5.10 Å². The van der Waals surface area contributed by atoms with Crippen LogP contribution in [0, 0.1) is 5.41 Å². The second-order valence-electron chi connectivity index (χ2n) is 5.72. The average Bonchev–Trinajstić information content (AvgIpc) is 2.59. The van der Waals surface area contributed by atoms with Crippen molar-refractivity contribution in [2.45, 2.75) is 45.1 Å². The van der Waals surface area contributed by atoms with E-state index in [0.717, 1.165) is 12.8 Å². The third-order valence-electron chi connectivity index (χ3n) is 3.78. The van der Waals surface area contributed by atoms with Gasteiger partial charge in [-0.1, -0.05) is 13.8 Å². The van der Waals surface area contributed by atoms with Gasteiger partial charge in [0.15, 0.2) is 0 Å². The number of hydrogen-bond donors (Lipinski definition) is 1. The van der Waals surface area contributed by atoms with Crippen LogP contribution in [0.3, 0.4) is 0 Å². The van der Waals surface area contributed by atoms with E-state index in [1.807, 2.05) is 17.9 Å². The van der Waals surface area contributed by atoms with Gasteiger partial charge in [-0.15, -0.1) is 0 Å². The van der Waals surface area contributed by atoms with Gasteiger partial charge >= 0.3 is 0 Å². The summed E-state index contributed by atoms with van der Waals surface area (Å²) in [6.07, 6.45) is 8.53. The van der Waals surface area contributed by atoms with Crippen molar-refractivity contribution >= 4 is 0 Å². The van der Waals surface area contributed by atoms with Gasteiger partial charge in [0.25, 0.3) is 0 Å². The second-order valence-corrected chi connectivity index (χ2v) is 5.72. The lowest BCUT2D eigenvalue weighted by atomic mass is 9.68. The Labute approximate surface area is 91.7 Å². The van der Waals surface area contributed by atoms with Gasteiger partial charge in [0.2, 0.25) is 0 Å². The zero-order chi connectivity index (χ0) is 11.1. The number of aryl methyl sites for hydroxylation is 1. The molecule has 0 unspecified atom stereocenters. The van der Waals surface area contributed by atoms with Crippen LogP contribution in [0.2, 0.25) is 0 Å². The van der Waals surface area contributed by atoms with E-state index in [-0.39, 0.29) is 5.54 Å². The highest BCUT2D eigenvalue weighted by Crippen LogP contribution is 2.43. The van der Waals surface area contributed by atoms with E-state index in [2.05, 4.69) is 25.1 Å². The minimum Gasteiger partial charge on any atom is -0.321 e. The van der Waals surface area contributed by atoms with Gasteiger partial charge in [-0.25, -0.2) is 0 Å². The molecule has 3 heteroatoms. The molecule has 0 bridgehead atoms. The number of nitrogens with two attached hydrogens (primary N) is 1. The van der Waals surface area contributed by atoms with Crippen LogP contribution in [0.1, 0.15) is 45.1 Å². The van der Waals surface area contributed by atoms with E-state index >= 15 is 0 Å². The predicted molar refractivity (Wildman–Crippen MR) is 61.3 cm³/mol. The fraction of sp³-hybridized carbons (Fsp3) is 0.750. The zero-order valence-electron chi connectivity index (χ0n) is 9.95. The molecule has 0 spiro atoms. The Balaban J connectivity index is 2.16. The summed E-state index contributed by atoms with van der Waals surface area (Å²) >= 11 is 0. The molecule has 3 nitrogen and oxygen atoms in total. The van der Waals surface area contributed by atoms with Crippen molar-refractivity contribution in [3.63, 3.8) is 0 Å². The van der Waals surface area contributed by atoms with E-state index in [1.54, 1.807) is 0 Å². The second kappa shape index (κ2) is 3.34. The molecule has 2 rings (SSSR count). The summed E-state index contributed by atoms with van der Waals surface area (Å²) in [5.74, 6) is 0. The molecule has 2 N–H and O–H groups in total. The molecule has 1 aromatic heterocycles. The standard InChI is InChI=1S/C12H21N3/c1-11(2)4-6-12(13,7-5-11)10-8-14-15(3)9-10/h8-9H,4-7,13H2,1-3H3. The minimum absolute atomic E-state index is 0.135. The predicted octanol–water partition coefficient (Wildman–Crippen LogP) is 2.17. The van der Waals surface area contributed by atoms with Gasteiger partial charge in [0, 0.05) is 24.3 Å². The van der Waals surface area contributed by atoms with Crippen molar-refractivity contribution in [1.82, 2.24) is 9.78 Å². The number of aromatic nitrogens is 2. The van der Waals surface area contributed by atoms with Crippen molar-refractivity contribution in [2.75, 3.05) is 0 Å². The van der Waals surface area contributed by atoms with Gasteiger partial charge in [0.1, 0.15) is 0 Å². The van der Waals surface area contributed by atoms with Crippen molar-refractivity contribution in [2.24, 2.45) is 18.2 Å². The van der Waals surface area contributed by atoms with Crippen molar-refractivity contribution in [1.29, 1.82) is 0 Å². The Morgan fingerprint density at radius 2 is 1.87 bits per heavy atom. The van der Waals surface area contributed by atoms with E-state index in [0.29, 0.717) is 5.41 Å². The Morgan fingerprint density at radius 1 is 1.27 bits per heavy atom. The topological polar surface area (TPSA) is 43.8 Å². The largest absolute Gasteiger partial charge is 0.321 e. The van der Waals surface area contributed by atoms with Crippen molar-refractivity contribution in [3.05, 3.63) is 18.0 Å². The van der Waals surface area contributed by atoms with Crippen LogP contribution in [0.4, 0.5) is 0 Å². The third kappa shape index (κ3) is 2.07. The van der Waals surface area contributed by atoms with Gasteiger partial charge in [-0.05, 0) is 31.1 Å². The highest BCUT2D eigenvalue weighted by Gasteiger charge is 2.37. The van der Waals surface area contributed by atoms with Crippen LogP contribution < -0.4 is 5.73 Å². The van der Waals surface area contributed by atoms with Gasteiger partial charge < -0.3 is 5.73 Å². The summed E-state index contributed by atoms with van der Waals surface area (Å²) in [4.78, 5) is 0. The summed E-state index contributed by atoms with van der Waals surface area (Å²) < 4.78 is 1.84. The summed E-state index contributed by atoms with van der Waals surface area (Å²) in [5.41, 5.74) is 7.98. The lowest BCUT2D eigenvalue weighted by molar-refractivity contribution is 0.165. The molecule has 1 heterocycles. The molecule has 0 amide bonds. The van der Waals surface area contributed by atoms with Gasteiger partial charge in [0.05, 0.1) is 6.20 Å². The van der Waals surface area contributed by atoms with E-state index in [9.17, 15) is 0 Å². The molecule has 0 atom stereocenters. The maximum atomic E-state index is 6.46. The molecule has 0 saturated heterocycles.